The molecule has 0 radical (unpaired) electrons. The first kappa shape index (κ1) is 52.7. The number of aliphatic hydroxyl groups excluding tert-OH is 1. The van der Waals surface area contributed by atoms with Crippen molar-refractivity contribution < 1.29 is 47.2 Å². The summed E-state index contributed by atoms with van der Waals surface area (Å²) < 4.78 is 33.7. The number of hydrogen-bond donors (Lipinski definition) is 1. The van der Waals surface area contributed by atoms with E-state index in [1.807, 2.05) is 51.5 Å². The van der Waals surface area contributed by atoms with Crippen LogP contribution in [-0.2, 0) is 32.7 Å². The molecule has 0 bridgehead atoms. The van der Waals surface area contributed by atoms with E-state index < -0.39 is 38.6 Å². The number of esters is 2. The number of rotatable bonds is 37. The van der Waals surface area contributed by atoms with Crippen LogP contribution in [-0.4, -0.2) is 81.2 Å². The van der Waals surface area contributed by atoms with Crippen molar-refractivity contribution in [3.63, 3.8) is 0 Å². The molecule has 1 N–H and O–H groups in total. The summed E-state index contributed by atoms with van der Waals surface area (Å²) in [5, 5.41) is 10.2. The van der Waals surface area contributed by atoms with E-state index in [2.05, 4.69) is 38.2 Å². The molecule has 0 aliphatic carbocycles. The van der Waals surface area contributed by atoms with Crippen LogP contribution < -0.4 is 4.89 Å². The van der Waals surface area contributed by atoms with Gasteiger partial charge in [-0.15, -0.1) is 0 Å². The van der Waals surface area contributed by atoms with Crippen LogP contribution in [0.15, 0.2) is 60.8 Å². The minimum Gasteiger partial charge on any atom is -0.756 e. The fourth-order valence-corrected chi connectivity index (χ4v) is 6.03. The maximum atomic E-state index is 12.6. The van der Waals surface area contributed by atoms with Crippen LogP contribution in [0.25, 0.3) is 0 Å². The van der Waals surface area contributed by atoms with Crippen LogP contribution in [0.4, 0.5) is 0 Å². The van der Waals surface area contributed by atoms with Gasteiger partial charge >= 0.3 is 11.9 Å². The predicted octanol–water partition coefficient (Wildman–Crippen LogP) is 10.0. The van der Waals surface area contributed by atoms with E-state index in [0.717, 1.165) is 38.5 Å². The van der Waals surface area contributed by atoms with Crippen molar-refractivity contribution in [1.29, 1.82) is 0 Å². The van der Waals surface area contributed by atoms with Gasteiger partial charge in [0.2, 0.25) is 0 Å². The van der Waals surface area contributed by atoms with E-state index in [1.165, 1.54) is 57.8 Å². The molecule has 0 spiro atoms. The van der Waals surface area contributed by atoms with Crippen molar-refractivity contribution in [2.75, 3.05) is 47.5 Å². The van der Waals surface area contributed by atoms with Gasteiger partial charge in [0.05, 0.1) is 33.9 Å². The topological polar surface area (TPSA) is 131 Å². The summed E-state index contributed by atoms with van der Waals surface area (Å²) in [7, 11) is 1.07. The Balaban J connectivity index is 4.58. The number of likely N-dealkylation sites (N-methyl/N-ethyl adjacent to an activating group) is 1. The number of nitrogens with zero attached hydrogens (tertiary/aromatic N) is 1. The summed E-state index contributed by atoms with van der Waals surface area (Å²) in [6.45, 7) is 3.92. The van der Waals surface area contributed by atoms with E-state index in [-0.39, 0.29) is 26.1 Å². The summed E-state index contributed by atoms with van der Waals surface area (Å²) in [5.74, 6) is -0.974. The second-order valence-electron chi connectivity index (χ2n) is 15.2. The van der Waals surface area contributed by atoms with Crippen LogP contribution in [0.3, 0.4) is 0 Å². The summed E-state index contributed by atoms with van der Waals surface area (Å²) in [6, 6.07) is 0. The Kier molecular flexibility index (Phi) is 34.5. The van der Waals surface area contributed by atoms with Crippen LogP contribution in [0, 0.1) is 0 Å². The van der Waals surface area contributed by atoms with Crippen molar-refractivity contribution >= 4 is 19.8 Å². The van der Waals surface area contributed by atoms with Gasteiger partial charge in [-0.1, -0.05) is 152 Å². The molecule has 11 heteroatoms. The predicted molar refractivity (Wildman–Crippen MR) is 223 cm³/mol. The van der Waals surface area contributed by atoms with Crippen LogP contribution >= 0.6 is 7.82 Å². The average molecular weight is 796 g/mol. The molecule has 0 aromatic carbocycles. The van der Waals surface area contributed by atoms with Crippen molar-refractivity contribution in [3.8, 4) is 0 Å². The molecule has 0 fully saturated rings. The lowest BCUT2D eigenvalue weighted by Gasteiger charge is -2.28. The van der Waals surface area contributed by atoms with E-state index in [0.29, 0.717) is 36.7 Å². The van der Waals surface area contributed by atoms with Gasteiger partial charge in [-0.05, 0) is 44.9 Å². The highest BCUT2D eigenvalue weighted by molar-refractivity contribution is 7.45. The molecular formula is C44H78NO9P. The lowest BCUT2D eigenvalue weighted by molar-refractivity contribution is -0.870. The third-order valence-corrected chi connectivity index (χ3v) is 9.60. The quantitative estimate of drug-likeness (QED) is 0.0163. The zero-order valence-electron chi connectivity index (χ0n) is 35.2. The van der Waals surface area contributed by atoms with E-state index >= 15 is 0 Å². The summed E-state index contributed by atoms with van der Waals surface area (Å²) >= 11 is 0. The Morgan fingerprint density at radius 2 is 1.27 bits per heavy atom. The van der Waals surface area contributed by atoms with E-state index in [4.69, 9.17) is 18.5 Å². The second-order valence-corrected chi connectivity index (χ2v) is 16.6. The Labute approximate surface area is 335 Å². The van der Waals surface area contributed by atoms with Crippen molar-refractivity contribution in [2.45, 2.75) is 161 Å². The molecule has 0 aromatic rings. The molecule has 0 aliphatic rings. The zero-order chi connectivity index (χ0) is 40.9. The molecule has 0 saturated heterocycles. The number of carbonyl (C=O) groups is 2. The number of phosphoric ester groups is 1. The van der Waals surface area contributed by atoms with Gasteiger partial charge in [-0.3, -0.25) is 14.2 Å². The third-order valence-electron chi connectivity index (χ3n) is 8.63. The Hall–Kier alpha value is -2.33. The van der Waals surface area contributed by atoms with Gasteiger partial charge < -0.3 is 33.0 Å². The maximum absolute atomic E-state index is 12.6. The third kappa shape index (κ3) is 39.7. The van der Waals surface area contributed by atoms with Gasteiger partial charge in [-0.2, -0.15) is 0 Å². The second kappa shape index (κ2) is 36.0. The monoisotopic (exact) mass is 796 g/mol. The van der Waals surface area contributed by atoms with Crippen LogP contribution in [0.5, 0.6) is 0 Å². The fourth-order valence-electron chi connectivity index (χ4n) is 5.30. The first-order valence-electron chi connectivity index (χ1n) is 21.1. The van der Waals surface area contributed by atoms with Gasteiger partial charge in [-0.25, -0.2) is 0 Å². The molecule has 55 heavy (non-hydrogen) atoms. The minimum absolute atomic E-state index is 0.0594. The number of unbranched alkanes of at least 4 members (excludes halogenated alkanes) is 13. The SMILES string of the molecule is CC/C=C\C/C=C\C/C=C\C=C\C(O)C/C=C\CCCC(=O)OC(COC(=O)CCCCCCCCCCCCCCC)COP(=O)([O-])OCC[N+](C)(C)C. The highest BCUT2D eigenvalue weighted by atomic mass is 31.2. The Bertz CT molecular complexity index is 1140. The lowest BCUT2D eigenvalue weighted by Crippen LogP contribution is -2.37. The van der Waals surface area contributed by atoms with Gasteiger partial charge in [0, 0.05) is 12.8 Å². The van der Waals surface area contributed by atoms with Crippen LogP contribution in [0.1, 0.15) is 149 Å². The number of ether oxygens (including phenoxy) is 2. The van der Waals surface area contributed by atoms with Crippen molar-refractivity contribution in [2.24, 2.45) is 0 Å². The first-order chi connectivity index (χ1) is 26.4. The Morgan fingerprint density at radius 1 is 0.691 bits per heavy atom. The fraction of sp³-hybridized carbons (Fsp3) is 0.727. The average Bonchev–Trinajstić information content (AvgIpc) is 3.13. The lowest BCUT2D eigenvalue weighted by atomic mass is 10.0. The molecule has 0 aromatic heterocycles. The molecule has 3 atom stereocenters. The molecule has 10 nitrogen and oxygen atoms in total. The molecule has 0 heterocycles. The molecule has 0 amide bonds. The normalized spacial score (nSPS) is 14.8. The number of allylic oxidation sites excluding steroid dienone is 8. The summed E-state index contributed by atoms with van der Waals surface area (Å²) in [5.41, 5.74) is 0. The number of quaternary nitrogens is 1. The number of phosphoric acid groups is 1. The summed E-state index contributed by atoms with van der Waals surface area (Å²) in [4.78, 5) is 37.5. The standard InChI is InChI=1S/C44H78NO9P/c1-6-8-10-12-14-16-18-19-20-22-24-26-31-35-43(47)51-39-42(40-53-55(49,50)52-38-37-45(3,4)5)54-44(48)36-32-28-27-30-34-41(46)33-29-25-23-21-17-15-13-11-9-7-2/h9,11,15,17,23,25,27,29-30,33,41-42,46H,6-8,10,12-14,16,18-22,24,26,28,31-32,34-40H2,1-5H3/b11-9-,17-15-,25-23-,30-27-,33-29+. The highest BCUT2D eigenvalue weighted by Gasteiger charge is 2.21. The largest absolute Gasteiger partial charge is 0.756 e. The highest BCUT2D eigenvalue weighted by Crippen LogP contribution is 2.38. The Morgan fingerprint density at radius 3 is 1.89 bits per heavy atom. The molecule has 0 aliphatic heterocycles. The van der Waals surface area contributed by atoms with Gasteiger partial charge in [0.25, 0.3) is 7.82 Å². The molecule has 0 saturated carbocycles. The van der Waals surface area contributed by atoms with Crippen molar-refractivity contribution in [1.82, 2.24) is 0 Å². The molecule has 3 unspecified atom stereocenters. The zero-order valence-corrected chi connectivity index (χ0v) is 36.1. The van der Waals surface area contributed by atoms with Crippen molar-refractivity contribution in [3.05, 3.63) is 60.8 Å². The number of hydrogen-bond acceptors (Lipinski definition) is 9. The van der Waals surface area contributed by atoms with Gasteiger partial charge in [0.1, 0.15) is 19.8 Å². The van der Waals surface area contributed by atoms with E-state index in [1.54, 1.807) is 6.08 Å². The van der Waals surface area contributed by atoms with E-state index in [9.17, 15) is 24.2 Å². The number of carbonyl (C=O) groups excluding carboxylic acids is 2. The maximum Gasteiger partial charge on any atom is 0.306 e. The van der Waals surface area contributed by atoms with Gasteiger partial charge in [0.15, 0.2) is 6.10 Å². The molecule has 318 valence electrons. The first-order valence-corrected chi connectivity index (χ1v) is 22.6. The number of aliphatic hydroxyl groups is 1. The smallest absolute Gasteiger partial charge is 0.306 e. The summed E-state index contributed by atoms with van der Waals surface area (Å²) in [6.07, 6.45) is 38.5. The minimum atomic E-state index is -4.66. The molecule has 0 rings (SSSR count). The van der Waals surface area contributed by atoms with Crippen LogP contribution in [0.2, 0.25) is 0 Å². The molecular weight excluding hydrogens is 717 g/mol.